The number of nitriles is 1. The summed E-state index contributed by atoms with van der Waals surface area (Å²) < 4.78 is 4.48. The van der Waals surface area contributed by atoms with Gasteiger partial charge in [0.1, 0.15) is 6.07 Å². The summed E-state index contributed by atoms with van der Waals surface area (Å²) in [6, 6.07) is 77.1. The van der Waals surface area contributed by atoms with E-state index in [0.29, 0.717) is 11.3 Å². The van der Waals surface area contributed by atoms with Crippen LogP contribution in [0.4, 0.5) is 5.69 Å². The lowest BCUT2D eigenvalue weighted by Crippen LogP contribution is -2.04. The molecule has 0 saturated heterocycles. The highest BCUT2D eigenvalue weighted by Gasteiger charge is 2.23. The molecule has 0 spiro atoms. The SMILES string of the molecule is [C-]#[N+]c1cccc(-c2cc(-n3c4ccccc4c4cc(-c5cccc(-c6ccccc6)n5)ccc43)c(C#N)cc2-n2c3ccccc3c3cc(-c4cccc(-c5ccccc5)n4)ccc32)c1. The van der Waals surface area contributed by atoms with Gasteiger partial charge in [-0.2, -0.15) is 5.26 Å². The van der Waals surface area contributed by atoms with E-state index in [0.717, 1.165) is 111 Å². The number of para-hydroxylation sites is 2. The van der Waals surface area contributed by atoms with Crippen LogP contribution in [0.25, 0.3) is 116 Å². The molecule has 0 aliphatic carbocycles. The predicted octanol–water partition coefficient (Wildman–Crippen LogP) is 15.4. The van der Waals surface area contributed by atoms with Crippen LogP contribution in [-0.4, -0.2) is 19.1 Å². The van der Waals surface area contributed by atoms with E-state index in [-0.39, 0.29) is 0 Å². The number of rotatable bonds is 7. The Labute approximate surface area is 381 Å². The molecule has 0 N–H and O–H groups in total. The molecule has 12 rings (SSSR count). The van der Waals surface area contributed by atoms with E-state index in [1.807, 2.05) is 78.9 Å². The molecule has 306 valence electrons. The number of hydrogen-bond acceptors (Lipinski definition) is 3. The fourth-order valence-corrected chi connectivity index (χ4v) is 9.52. The van der Waals surface area contributed by atoms with Crippen molar-refractivity contribution in [3.8, 4) is 73.6 Å². The van der Waals surface area contributed by atoms with E-state index in [1.54, 1.807) is 0 Å². The van der Waals surface area contributed by atoms with Crippen LogP contribution in [0.1, 0.15) is 5.56 Å². The third-order valence-electron chi connectivity index (χ3n) is 12.6. The van der Waals surface area contributed by atoms with Crippen molar-refractivity contribution >= 4 is 49.3 Å². The maximum Gasteiger partial charge on any atom is 0.187 e. The minimum Gasteiger partial charge on any atom is -0.309 e. The third kappa shape index (κ3) is 6.41. The first-order valence-electron chi connectivity index (χ1n) is 21.8. The quantitative estimate of drug-likeness (QED) is 0.150. The van der Waals surface area contributed by atoms with Gasteiger partial charge >= 0.3 is 0 Å². The molecule has 0 amide bonds. The highest BCUT2D eigenvalue weighted by Crippen LogP contribution is 2.43. The maximum absolute atomic E-state index is 11.2. The first-order chi connectivity index (χ1) is 32.6. The number of pyridine rings is 2. The second-order valence-electron chi connectivity index (χ2n) is 16.4. The summed E-state index contributed by atoms with van der Waals surface area (Å²) in [5.74, 6) is 0. The summed E-state index contributed by atoms with van der Waals surface area (Å²) in [5.41, 5.74) is 16.1. The van der Waals surface area contributed by atoms with Crippen molar-refractivity contribution in [3.63, 3.8) is 0 Å². The topological polar surface area (TPSA) is 63.8 Å². The van der Waals surface area contributed by atoms with Crippen LogP contribution in [0.5, 0.6) is 0 Å². The minimum atomic E-state index is 0.517. The Morgan fingerprint density at radius 3 is 1.36 bits per heavy atom. The zero-order valence-corrected chi connectivity index (χ0v) is 35.5. The molecule has 12 aromatic rings. The first-order valence-corrected chi connectivity index (χ1v) is 21.8. The summed E-state index contributed by atoms with van der Waals surface area (Å²) in [6.07, 6.45) is 0. The molecule has 4 heterocycles. The number of nitrogens with zero attached hydrogens (tertiary/aromatic N) is 6. The molecule has 0 aliphatic rings. The molecule has 0 aliphatic heterocycles. The van der Waals surface area contributed by atoms with Crippen LogP contribution in [0.15, 0.2) is 218 Å². The van der Waals surface area contributed by atoms with E-state index in [4.69, 9.17) is 16.5 Å². The summed E-state index contributed by atoms with van der Waals surface area (Å²) in [5, 5.41) is 15.5. The maximum atomic E-state index is 11.2. The monoisotopic (exact) mass is 840 g/mol. The average Bonchev–Trinajstić information content (AvgIpc) is 3.91. The van der Waals surface area contributed by atoms with Crippen molar-refractivity contribution in [3.05, 3.63) is 235 Å². The van der Waals surface area contributed by atoms with Gasteiger partial charge in [0.05, 0.1) is 68.4 Å². The van der Waals surface area contributed by atoms with E-state index >= 15 is 0 Å². The molecular formula is C60H36N6. The van der Waals surface area contributed by atoms with Crippen molar-refractivity contribution in [1.82, 2.24) is 19.1 Å². The van der Waals surface area contributed by atoms with Gasteiger partial charge in [-0.3, -0.25) is 0 Å². The highest BCUT2D eigenvalue weighted by molar-refractivity contribution is 6.12. The molecular weight excluding hydrogens is 805 g/mol. The zero-order valence-electron chi connectivity index (χ0n) is 35.5. The normalized spacial score (nSPS) is 11.3. The Bertz CT molecular complexity index is 3960. The number of benzene rings is 8. The van der Waals surface area contributed by atoms with Crippen LogP contribution in [0.2, 0.25) is 0 Å². The lowest BCUT2D eigenvalue weighted by molar-refractivity contribution is 1.14. The molecule has 4 aromatic heterocycles. The predicted molar refractivity (Wildman–Crippen MR) is 269 cm³/mol. The van der Waals surface area contributed by atoms with Crippen molar-refractivity contribution in [2.24, 2.45) is 0 Å². The molecule has 0 saturated carbocycles. The van der Waals surface area contributed by atoms with Gasteiger partial charge in [-0.25, -0.2) is 14.8 Å². The standard InChI is InChI=1S/C60H36N6/c1-62-45-20-12-19-41(33-45)48-37-59(65-55-27-10-8-21-46(55)49-34-42(29-31-57(49)65)53-25-13-23-51(63-53)39-15-4-2-5-16-39)44(38-61)36-60(48)66-56-28-11-9-22-47(56)50-35-43(30-32-58(50)66)54-26-14-24-52(64-54)40-17-6-3-7-18-40/h2-37H. The van der Waals surface area contributed by atoms with Crippen molar-refractivity contribution in [2.45, 2.75) is 0 Å². The summed E-state index contributed by atoms with van der Waals surface area (Å²) in [6.45, 7) is 7.96. The third-order valence-corrected chi connectivity index (χ3v) is 12.6. The van der Waals surface area contributed by atoms with Crippen molar-refractivity contribution < 1.29 is 0 Å². The molecule has 66 heavy (non-hydrogen) atoms. The van der Waals surface area contributed by atoms with Gasteiger partial charge in [-0.15, -0.1) is 0 Å². The van der Waals surface area contributed by atoms with Crippen molar-refractivity contribution in [1.29, 1.82) is 5.26 Å². The smallest absolute Gasteiger partial charge is 0.187 e. The largest absolute Gasteiger partial charge is 0.309 e. The van der Waals surface area contributed by atoms with Gasteiger partial charge in [0.15, 0.2) is 5.69 Å². The molecule has 8 aromatic carbocycles. The Balaban J connectivity index is 1.07. The summed E-state index contributed by atoms with van der Waals surface area (Å²) in [7, 11) is 0. The zero-order chi connectivity index (χ0) is 44.1. The van der Waals surface area contributed by atoms with Gasteiger partial charge in [-0.05, 0) is 84.4 Å². The Morgan fingerprint density at radius 1 is 0.379 bits per heavy atom. The molecule has 0 radical (unpaired) electrons. The molecule has 6 nitrogen and oxygen atoms in total. The van der Waals surface area contributed by atoms with Crippen molar-refractivity contribution in [2.75, 3.05) is 0 Å². The molecule has 0 bridgehead atoms. The second-order valence-corrected chi connectivity index (χ2v) is 16.4. The van der Waals surface area contributed by atoms with Crippen LogP contribution >= 0.6 is 0 Å². The summed E-state index contributed by atoms with van der Waals surface area (Å²) >= 11 is 0. The fourth-order valence-electron chi connectivity index (χ4n) is 9.52. The van der Waals surface area contributed by atoms with Gasteiger partial charge in [0.25, 0.3) is 0 Å². The molecule has 0 atom stereocenters. The van der Waals surface area contributed by atoms with E-state index in [1.165, 1.54) is 0 Å². The number of fused-ring (bicyclic) bond motifs is 6. The average molecular weight is 841 g/mol. The van der Waals surface area contributed by atoms with Crippen LogP contribution in [0, 0.1) is 17.9 Å². The molecule has 6 heteroatoms. The van der Waals surface area contributed by atoms with Crippen LogP contribution in [-0.2, 0) is 0 Å². The van der Waals surface area contributed by atoms with Gasteiger partial charge in [0, 0.05) is 49.4 Å². The molecule has 0 fully saturated rings. The van der Waals surface area contributed by atoms with E-state index < -0.39 is 0 Å². The lowest BCUT2D eigenvalue weighted by Gasteiger charge is -2.19. The van der Waals surface area contributed by atoms with E-state index in [2.05, 4.69) is 160 Å². The Morgan fingerprint density at radius 2 is 0.833 bits per heavy atom. The first kappa shape index (κ1) is 38.3. The fraction of sp³-hybridized carbons (Fsp3) is 0. The minimum absolute atomic E-state index is 0.517. The second kappa shape index (κ2) is 15.8. The lowest BCUT2D eigenvalue weighted by atomic mass is 9.98. The highest BCUT2D eigenvalue weighted by atomic mass is 15.0. The van der Waals surface area contributed by atoms with E-state index in [9.17, 15) is 5.26 Å². The van der Waals surface area contributed by atoms with Gasteiger partial charge in [0.2, 0.25) is 0 Å². The number of hydrogen-bond donors (Lipinski definition) is 0. The van der Waals surface area contributed by atoms with Gasteiger partial charge in [-0.1, -0.05) is 140 Å². The van der Waals surface area contributed by atoms with Crippen LogP contribution in [0.3, 0.4) is 0 Å². The number of aromatic nitrogens is 4. The van der Waals surface area contributed by atoms with Gasteiger partial charge < -0.3 is 9.13 Å². The molecule has 0 unspecified atom stereocenters. The van der Waals surface area contributed by atoms with Crippen LogP contribution < -0.4 is 0 Å². The summed E-state index contributed by atoms with van der Waals surface area (Å²) in [4.78, 5) is 14.0. The Kier molecular flexibility index (Phi) is 9.16. The Hall–Kier alpha value is -9.36.